The van der Waals surface area contributed by atoms with Crippen LogP contribution < -0.4 is 0 Å². The summed E-state index contributed by atoms with van der Waals surface area (Å²) in [5.41, 5.74) is 0. The van der Waals surface area contributed by atoms with Gasteiger partial charge in [0.15, 0.2) is 6.29 Å². The fourth-order valence-corrected chi connectivity index (χ4v) is 3.32. The van der Waals surface area contributed by atoms with Crippen LogP contribution in [0.15, 0.2) is 12.2 Å². The molecule has 4 heteroatoms. The lowest BCUT2D eigenvalue weighted by Crippen LogP contribution is -2.38. The monoisotopic (exact) mass is 288 g/mol. The molecule has 0 amide bonds. The molecule has 2 aliphatic rings. The van der Waals surface area contributed by atoms with E-state index in [1.165, 1.54) is 32.1 Å². The van der Waals surface area contributed by atoms with E-state index in [2.05, 4.69) is 6.92 Å². The molecule has 0 aromatic rings. The molecule has 0 N–H and O–H groups in total. The van der Waals surface area contributed by atoms with E-state index in [-0.39, 0.29) is 12.2 Å². The summed E-state index contributed by atoms with van der Waals surface area (Å²) in [4.78, 5) is 0. The van der Waals surface area contributed by atoms with E-state index in [0.717, 1.165) is 24.8 Å². The van der Waals surface area contributed by atoms with Crippen molar-refractivity contribution in [3.8, 4) is 0 Å². The van der Waals surface area contributed by atoms with Crippen molar-refractivity contribution in [1.82, 2.24) is 0 Å². The summed E-state index contributed by atoms with van der Waals surface area (Å²) in [6.45, 7) is 2.95. The standard InChI is InChI=1S/C16H26F2O2/c1-2-3-4-12-5-7-14(8-6-12)16-19-10-13(11-20-16)9-15(17)18/h9,12-14,16H,2-8,10-11H2,1H3. The molecule has 1 saturated heterocycles. The lowest BCUT2D eigenvalue weighted by atomic mass is 9.79. The molecule has 0 spiro atoms. The fraction of sp³-hybridized carbons (Fsp3) is 0.875. The van der Waals surface area contributed by atoms with Crippen molar-refractivity contribution < 1.29 is 18.3 Å². The predicted molar refractivity (Wildman–Crippen MR) is 74.5 cm³/mol. The van der Waals surface area contributed by atoms with Crippen molar-refractivity contribution in [2.24, 2.45) is 17.8 Å². The third-order valence-corrected chi connectivity index (χ3v) is 4.55. The Hall–Kier alpha value is -0.480. The van der Waals surface area contributed by atoms with Crippen molar-refractivity contribution in [2.45, 2.75) is 58.2 Å². The van der Waals surface area contributed by atoms with Gasteiger partial charge in [-0.3, -0.25) is 0 Å². The van der Waals surface area contributed by atoms with Gasteiger partial charge >= 0.3 is 0 Å². The van der Waals surface area contributed by atoms with E-state index in [1.54, 1.807) is 0 Å². The number of ether oxygens (including phenoxy) is 2. The SMILES string of the molecule is CCCCC1CCC(C2OCC(C=C(F)F)CO2)CC1. The van der Waals surface area contributed by atoms with Gasteiger partial charge in [-0.25, -0.2) is 0 Å². The maximum absolute atomic E-state index is 12.2. The van der Waals surface area contributed by atoms with E-state index >= 15 is 0 Å². The van der Waals surface area contributed by atoms with Crippen molar-refractivity contribution in [3.63, 3.8) is 0 Å². The molecule has 2 nitrogen and oxygen atoms in total. The second-order valence-electron chi connectivity index (χ2n) is 6.17. The third kappa shape index (κ3) is 4.81. The lowest BCUT2D eigenvalue weighted by molar-refractivity contribution is -0.223. The Labute approximate surface area is 120 Å². The van der Waals surface area contributed by atoms with Crippen LogP contribution in [0.4, 0.5) is 8.78 Å². The van der Waals surface area contributed by atoms with Gasteiger partial charge in [0.1, 0.15) is 0 Å². The maximum atomic E-state index is 12.2. The number of unbranched alkanes of at least 4 members (excludes halogenated alkanes) is 1. The minimum atomic E-state index is -1.64. The van der Waals surface area contributed by atoms with Crippen LogP contribution >= 0.6 is 0 Å². The number of rotatable bonds is 5. The first-order valence-electron chi connectivity index (χ1n) is 7.95. The van der Waals surface area contributed by atoms with Crippen LogP contribution in [-0.4, -0.2) is 19.5 Å². The molecule has 2 rings (SSSR count). The first-order chi connectivity index (χ1) is 9.69. The first-order valence-corrected chi connectivity index (χ1v) is 7.95. The van der Waals surface area contributed by atoms with Crippen LogP contribution in [0.1, 0.15) is 51.9 Å². The molecule has 20 heavy (non-hydrogen) atoms. The van der Waals surface area contributed by atoms with Gasteiger partial charge in [-0.15, -0.1) is 0 Å². The molecule has 1 aliphatic heterocycles. The topological polar surface area (TPSA) is 18.5 Å². The van der Waals surface area contributed by atoms with Gasteiger partial charge in [0.2, 0.25) is 0 Å². The molecular formula is C16H26F2O2. The molecule has 0 aromatic carbocycles. The van der Waals surface area contributed by atoms with Crippen molar-refractivity contribution >= 4 is 0 Å². The average Bonchev–Trinajstić information content (AvgIpc) is 2.46. The molecule has 0 unspecified atom stereocenters. The van der Waals surface area contributed by atoms with Crippen LogP contribution in [-0.2, 0) is 9.47 Å². The molecule has 116 valence electrons. The van der Waals surface area contributed by atoms with Gasteiger partial charge in [-0.1, -0.05) is 26.2 Å². The van der Waals surface area contributed by atoms with E-state index < -0.39 is 6.08 Å². The largest absolute Gasteiger partial charge is 0.352 e. The van der Waals surface area contributed by atoms with Crippen molar-refractivity contribution in [2.75, 3.05) is 13.2 Å². The molecule has 0 radical (unpaired) electrons. The predicted octanol–water partition coefficient (Wildman–Crippen LogP) is 4.75. The van der Waals surface area contributed by atoms with E-state index in [9.17, 15) is 8.78 Å². The Morgan fingerprint density at radius 2 is 1.75 bits per heavy atom. The van der Waals surface area contributed by atoms with Crippen LogP contribution in [0.2, 0.25) is 0 Å². The minimum Gasteiger partial charge on any atom is -0.352 e. The summed E-state index contributed by atoms with van der Waals surface area (Å²) in [5.74, 6) is 1.02. The lowest BCUT2D eigenvalue weighted by Gasteiger charge is -2.37. The summed E-state index contributed by atoms with van der Waals surface area (Å²) in [6, 6.07) is 0. The zero-order chi connectivity index (χ0) is 14.4. The minimum absolute atomic E-state index is 0.172. The Morgan fingerprint density at radius 3 is 2.30 bits per heavy atom. The fourth-order valence-electron chi connectivity index (χ4n) is 3.32. The maximum Gasteiger partial charge on any atom is 0.266 e. The zero-order valence-electron chi connectivity index (χ0n) is 12.3. The molecule has 2 fully saturated rings. The Kier molecular flexibility index (Phi) is 6.43. The molecule has 0 aromatic heterocycles. The number of hydrogen-bond donors (Lipinski definition) is 0. The van der Waals surface area contributed by atoms with Gasteiger partial charge in [-0.05, 0) is 37.7 Å². The summed E-state index contributed by atoms with van der Waals surface area (Å²) < 4.78 is 35.6. The zero-order valence-corrected chi connectivity index (χ0v) is 12.3. The molecule has 0 atom stereocenters. The Morgan fingerprint density at radius 1 is 1.10 bits per heavy atom. The van der Waals surface area contributed by atoms with E-state index in [4.69, 9.17) is 9.47 Å². The quantitative estimate of drug-likeness (QED) is 0.726. The highest BCUT2D eigenvalue weighted by atomic mass is 19.3. The van der Waals surface area contributed by atoms with E-state index in [0.29, 0.717) is 19.1 Å². The third-order valence-electron chi connectivity index (χ3n) is 4.55. The van der Waals surface area contributed by atoms with Crippen molar-refractivity contribution in [3.05, 3.63) is 12.2 Å². The highest BCUT2D eigenvalue weighted by Gasteiger charge is 2.32. The smallest absolute Gasteiger partial charge is 0.266 e. The normalized spacial score (nSPS) is 34.8. The highest BCUT2D eigenvalue weighted by Crippen LogP contribution is 2.36. The molecular weight excluding hydrogens is 262 g/mol. The van der Waals surface area contributed by atoms with Gasteiger partial charge in [0, 0.05) is 11.8 Å². The average molecular weight is 288 g/mol. The second-order valence-corrected chi connectivity index (χ2v) is 6.17. The molecule has 1 saturated carbocycles. The van der Waals surface area contributed by atoms with Gasteiger partial charge in [0.05, 0.1) is 13.2 Å². The van der Waals surface area contributed by atoms with Crippen LogP contribution in [0.25, 0.3) is 0 Å². The highest BCUT2D eigenvalue weighted by molar-refractivity contribution is 4.89. The molecule has 1 aliphatic carbocycles. The summed E-state index contributed by atoms with van der Waals surface area (Å²) >= 11 is 0. The number of halogens is 2. The summed E-state index contributed by atoms with van der Waals surface area (Å²) in [5, 5.41) is 0. The van der Waals surface area contributed by atoms with Gasteiger partial charge < -0.3 is 9.47 Å². The first kappa shape index (κ1) is 15.9. The van der Waals surface area contributed by atoms with Crippen LogP contribution in [0.5, 0.6) is 0 Å². The van der Waals surface area contributed by atoms with Crippen LogP contribution in [0.3, 0.4) is 0 Å². The molecule has 0 bridgehead atoms. The summed E-state index contributed by atoms with van der Waals surface area (Å²) in [7, 11) is 0. The summed E-state index contributed by atoms with van der Waals surface area (Å²) in [6.07, 6.45) is 7.90. The van der Waals surface area contributed by atoms with Gasteiger partial charge in [-0.2, -0.15) is 8.78 Å². The molecule has 1 heterocycles. The Bertz CT molecular complexity index is 300. The van der Waals surface area contributed by atoms with Crippen LogP contribution in [0, 0.1) is 17.8 Å². The van der Waals surface area contributed by atoms with E-state index in [1.807, 2.05) is 0 Å². The number of hydrogen-bond acceptors (Lipinski definition) is 2. The Balaban J connectivity index is 1.69. The van der Waals surface area contributed by atoms with Crippen molar-refractivity contribution in [1.29, 1.82) is 0 Å². The van der Waals surface area contributed by atoms with Gasteiger partial charge in [0.25, 0.3) is 6.08 Å². The second kappa shape index (κ2) is 8.08.